The molecule has 0 radical (unpaired) electrons. The summed E-state index contributed by atoms with van der Waals surface area (Å²) in [5, 5.41) is 7.63. The number of urea groups is 1. The predicted molar refractivity (Wildman–Crippen MR) is 141 cm³/mol. The molecule has 2 unspecified atom stereocenters. The molecule has 0 saturated heterocycles. The summed E-state index contributed by atoms with van der Waals surface area (Å²) in [7, 11) is 4.88. The lowest BCUT2D eigenvalue weighted by atomic mass is 10.0. The van der Waals surface area contributed by atoms with Crippen LogP contribution in [0.3, 0.4) is 0 Å². The van der Waals surface area contributed by atoms with Gasteiger partial charge in [0.1, 0.15) is 18.5 Å². The Morgan fingerprint density at radius 2 is 1.56 bits per heavy atom. The summed E-state index contributed by atoms with van der Waals surface area (Å²) in [6, 6.07) is 17.7. The van der Waals surface area contributed by atoms with Gasteiger partial charge in [0.2, 0.25) is 5.91 Å². The molecule has 9 nitrogen and oxygen atoms in total. The molecule has 0 bridgehead atoms. The fraction of sp³-hybridized carbons (Fsp3) is 0.269. The summed E-state index contributed by atoms with van der Waals surface area (Å²) in [6.07, 6.45) is 0.325. The number of hydrogen-bond donors (Lipinski definition) is 2. The molecule has 0 aliphatic rings. The molecule has 3 aromatic rings. The van der Waals surface area contributed by atoms with E-state index in [4.69, 9.17) is 4.79 Å². The van der Waals surface area contributed by atoms with Crippen molar-refractivity contribution in [2.24, 2.45) is 0 Å². The van der Waals surface area contributed by atoms with Gasteiger partial charge in [-0.05, 0) is 18.1 Å². The van der Waals surface area contributed by atoms with Gasteiger partial charge in [-0.1, -0.05) is 60.7 Å². The van der Waals surface area contributed by atoms with Gasteiger partial charge in [-0.2, -0.15) is 0 Å². The zero-order valence-electron chi connectivity index (χ0n) is 20.8. The van der Waals surface area contributed by atoms with E-state index in [1.807, 2.05) is 74.4 Å². The monoisotopic (exact) mass is 509 g/mol. The van der Waals surface area contributed by atoms with Gasteiger partial charge < -0.3 is 25.2 Å². The van der Waals surface area contributed by atoms with Crippen LogP contribution in [0.4, 0.5) is 9.93 Å². The summed E-state index contributed by atoms with van der Waals surface area (Å²) < 4.78 is 0. The van der Waals surface area contributed by atoms with Crippen molar-refractivity contribution in [3.63, 3.8) is 0 Å². The number of likely N-dealkylation sites (N-methyl/N-ethyl adjacent to an activating group) is 1. The van der Waals surface area contributed by atoms with Crippen LogP contribution in [0.15, 0.2) is 66.0 Å². The van der Waals surface area contributed by atoms with E-state index in [0.717, 1.165) is 11.1 Å². The number of carbonyl (C=O) groups is 4. The van der Waals surface area contributed by atoms with Crippen molar-refractivity contribution < 1.29 is 19.2 Å². The highest BCUT2D eigenvalue weighted by molar-refractivity contribution is 7.14. The van der Waals surface area contributed by atoms with Crippen LogP contribution in [0.1, 0.15) is 34.6 Å². The van der Waals surface area contributed by atoms with E-state index in [0.29, 0.717) is 11.6 Å². The number of nitrogens with zero attached hydrogens (tertiary/aromatic N) is 3. The lowest BCUT2D eigenvalue weighted by Gasteiger charge is -2.29. The lowest BCUT2D eigenvalue weighted by Crippen LogP contribution is -2.50. The predicted octanol–water partition coefficient (Wildman–Crippen LogP) is 3.61. The van der Waals surface area contributed by atoms with Gasteiger partial charge in [-0.15, -0.1) is 11.3 Å². The van der Waals surface area contributed by atoms with Gasteiger partial charge >= 0.3 is 6.03 Å². The van der Waals surface area contributed by atoms with Gasteiger partial charge in [0.25, 0.3) is 5.91 Å². The van der Waals surface area contributed by atoms with Crippen LogP contribution < -0.4 is 10.6 Å². The Balaban J connectivity index is 0.00000222. The third kappa shape index (κ3) is 7.74. The van der Waals surface area contributed by atoms with Crippen LogP contribution in [0.25, 0.3) is 0 Å². The maximum Gasteiger partial charge on any atom is 0.318 e. The van der Waals surface area contributed by atoms with E-state index in [1.165, 1.54) is 21.1 Å². The van der Waals surface area contributed by atoms with Crippen molar-refractivity contribution in [2.75, 3.05) is 26.5 Å². The standard InChI is InChI=1S/C25H29N5O3S.CH2O/c1-17(19-13-9-6-10-14-19)26-25(33)30(4)21(15-18-11-7-5-8-12-18)22(31)28-24-27-20(16-34-24)23(32)29(2)3;1-2/h5-14,16-17,21H,15H2,1-4H3,(H,26,33)(H,27,28,31);1H2. The summed E-state index contributed by atoms with van der Waals surface area (Å²) >= 11 is 1.17. The quantitative estimate of drug-likeness (QED) is 0.482. The van der Waals surface area contributed by atoms with Crippen molar-refractivity contribution in [3.8, 4) is 0 Å². The zero-order valence-corrected chi connectivity index (χ0v) is 21.6. The van der Waals surface area contributed by atoms with Gasteiger partial charge in [0.05, 0.1) is 6.04 Å². The van der Waals surface area contributed by atoms with Crippen molar-refractivity contribution in [3.05, 3.63) is 82.9 Å². The van der Waals surface area contributed by atoms with Gasteiger partial charge in [0.15, 0.2) is 5.13 Å². The second-order valence-electron chi connectivity index (χ2n) is 8.13. The van der Waals surface area contributed by atoms with Crippen LogP contribution in [0, 0.1) is 0 Å². The zero-order chi connectivity index (χ0) is 26.7. The number of thiazole rings is 1. The maximum absolute atomic E-state index is 13.3. The van der Waals surface area contributed by atoms with E-state index < -0.39 is 6.04 Å². The van der Waals surface area contributed by atoms with Crippen LogP contribution in [0.5, 0.6) is 0 Å². The van der Waals surface area contributed by atoms with E-state index in [1.54, 1.807) is 26.5 Å². The molecule has 0 spiro atoms. The lowest BCUT2D eigenvalue weighted by molar-refractivity contribution is -0.120. The molecule has 2 atom stereocenters. The number of rotatable bonds is 8. The largest absolute Gasteiger partial charge is 0.343 e. The second kappa shape index (κ2) is 13.7. The van der Waals surface area contributed by atoms with Gasteiger partial charge in [-0.3, -0.25) is 9.59 Å². The summed E-state index contributed by atoms with van der Waals surface area (Å²) in [5.74, 6) is -0.629. The first kappa shape index (κ1) is 28.2. The van der Waals surface area contributed by atoms with Crippen molar-refractivity contribution in [2.45, 2.75) is 25.4 Å². The van der Waals surface area contributed by atoms with Crippen LogP contribution in [-0.2, 0) is 16.0 Å². The fourth-order valence-corrected chi connectivity index (χ4v) is 4.03. The Morgan fingerprint density at radius 3 is 2.14 bits per heavy atom. The van der Waals surface area contributed by atoms with Crippen molar-refractivity contribution >= 4 is 41.1 Å². The first-order valence-electron chi connectivity index (χ1n) is 11.2. The molecule has 1 heterocycles. The Bertz CT molecular complexity index is 1140. The topological polar surface area (TPSA) is 112 Å². The Morgan fingerprint density at radius 1 is 0.972 bits per heavy atom. The van der Waals surface area contributed by atoms with E-state index in [2.05, 4.69) is 15.6 Å². The third-order valence-electron chi connectivity index (χ3n) is 5.36. The summed E-state index contributed by atoms with van der Waals surface area (Å²) in [6.45, 7) is 3.90. The Kier molecular flexibility index (Phi) is 10.8. The van der Waals surface area contributed by atoms with Crippen LogP contribution in [0.2, 0.25) is 0 Å². The molecular formula is C26H31N5O4S. The minimum absolute atomic E-state index is 0.227. The minimum atomic E-state index is -0.790. The summed E-state index contributed by atoms with van der Waals surface area (Å²) in [4.78, 5) is 53.5. The molecule has 10 heteroatoms. The van der Waals surface area contributed by atoms with Gasteiger partial charge in [-0.25, -0.2) is 9.78 Å². The number of hydrogen-bond acceptors (Lipinski definition) is 6. The maximum atomic E-state index is 13.3. The summed E-state index contributed by atoms with van der Waals surface area (Å²) in [5.41, 5.74) is 2.14. The highest BCUT2D eigenvalue weighted by Gasteiger charge is 2.29. The first-order valence-corrected chi connectivity index (χ1v) is 12.0. The smallest absolute Gasteiger partial charge is 0.318 e. The molecule has 2 aromatic carbocycles. The molecule has 1 aromatic heterocycles. The number of aromatic nitrogens is 1. The molecule has 4 amide bonds. The average Bonchev–Trinajstić information content (AvgIpc) is 3.36. The normalized spacial score (nSPS) is 11.8. The number of benzene rings is 2. The van der Waals surface area contributed by atoms with Crippen molar-refractivity contribution in [1.82, 2.24) is 20.1 Å². The molecular weight excluding hydrogens is 478 g/mol. The van der Waals surface area contributed by atoms with Crippen LogP contribution >= 0.6 is 11.3 Å². The molecule has 0 aliphatic carbocycles. The molecule has 3 rings (SSSR count). The van der Waals surface area contributed by atoms with E-state index in [9.17, 15) is 14.4 Å². The van der Waals surface area contributed by atoms with Gasteiger partial charge in [0, 0.05) is 32.9 Å². The number of carbonyl (C=O) groups excluding carboxylic acids is 4. The molecule has 0 saturated carbocycles. The Labute approximate surface area is 215 Å². The highest BCUT2D eigenvalue weighted by atomic mass is 32.1. The molecule has 36 heavy (non-hydrogen) atoms. The first-order chi connectivity index (χ1) is 17.3. The molecule has 2 N–H and O–H groups in total. The third-order valence-corrected chi connectivity index (χ3v) is 6.12. The molecule has 0 fully saturated rings. The fourth-order valence-electron chi connectivity index (χ4n) is 3.34. The highest BCUT2D eigenvalue weighted by Crippen LogP contribution is 2.19. The SMILES string of the molecule is C=O.CC(NC(=O)N(C)C(Cc1ccccc1)C(=O)Nc1nc(C(=O)N(C)C)cs1)c1ccccc1. The number of nitrogens with one attached hydrogen (secondary N) is 2. The number of anilines is 1. The second-order valence-corrected chi connectivity index (χ2v) is 8.98. The van der Waals surface area contributed by atoms with Crippen molar-refractivity contribution in [1.29, 1.82) is 0 Å². The minimum Gasteiger partial charge on any atom is -0.343 e. The van der Waals surface area contributed by atoms with E-state index >= 15 is 0 Å². The molecule has 190 valence electrons. The van der Waals surface area contributed by atoms with Crippen LogP contribution in [-0.4, -0.2) is 66.6 Å². The molecule has 0 aliphatic heterocycles. The average molecular weight is 510 g/mol. The number of amides is 4. The Hall–Kier alpha value is -4.05. The van der Waals surface area contributed by atoms with E-state index in [-0.39, 0.29) is 29.6 Å².